The fourth-order valence-corrected chi connectivity index (χ4v) is 3.11. The summed E-state index contributed by atoms with van der Waals surface area (Å²) in [6.45, 7) is 7.74. The Morgan fingerprint density at radius 1 is 1.11 bits per heavy atom. The van der Waals surface area contributed by atoms with Crippen LogP contribution in [0.1, 0.15) is 5.56 Å². The van der Waals surface area contributed by atoms with E-state index in [2.05, 4.69) is 21.2 Å². The van der Waals surface area contributed by atoms with Gasteiger partial charge in [0.15, 0.2) is 0 Å². The van der Waals surface area contributed by atoms with Gasteiger partial charge in [-0.1, -0.05) is 35.3 Å². The summed E-state index contributed by atoms with van der Waals surface area (Å²) in [6.07, 6.45) is 0. The summed E-state index contributed by atoms with van der Waals surface area (Å²) in [5.74, 6) is 0. The fraction of sp³-hybridized carbons (Fsp3) is 0.571. The van der Waals surface area contributed by atoms with Crippen LogP contribution in [0.25, 0.3) is 0 Å². The lowest BCUT2D eigenvalue weighted by molar-refractivity contribution is 0.0696. The van der Waals surface area contributed by atoms with Gasteiger partial charge < -0.3 is 5.32 Å². The predicted molar refractivity (Wildman–Crippen MR) is 80.0 cm³/mol. The van der Waals surface area contributed by atoms with Crippen molar-refractivity contribution in [2.45, 2.75) is 12.6 Å². The Morgan fingerprint density at radius 2 is 1.84 bits per heavy atom. The van der Waals surface area contributed by atoms with Crippen LogP contribution in [-0.2, 0) is 6.54 Å². The molecule has 3 rings (SSSR count). The second-order valence-corrected chi connectivity index (χ2v) is 6.12. The highest BCUT2D eigenvalue weighted by molar-refractivity contribution is 6.42. The molecule has 0 spiro atoms. The molecule has 0 atom stereocenters. The van der Waals surface area contributed by atoms with E-state index in [0.717, 1.165) is 57.4 Å². The molecule has 0 bridgehead atoms. The van der Waals surface area contributed by atoms with Crippen molar-refractivity contribution in [1.82, 2.24) is 15.1 Å². The zero-order valence-electron chi connectivity index (χ0n) is 10.9. The number of hydrogen-bond acceptors (Lipinski definition) is 3. The molecule has 2 saturated heterocycles. The second kappa shape index (κ2) is 5.98. The van der Waals surface area contributed by atoms with Gasteiger partial charge in [0.05, 0.1) is 10.0 Å². The van der Waals surface area contributed by atoms with Crippen LogP contribution in [0, 0.1) is 0 Å². The van der Waals surface area contributed by atoms with Gasteiger partial charge >= 0.3 is 0 Å². The maximum atomic E-state index is 6.25. The first-order valence-electron chi connectivity index (χ1n) is 6.84. The summed E-state index contributed by atoms with van der Waals surface area (Å²) in [7, 11) is 0. The van der Waals surface area contributed by atoms with E-state index in [0.29, 0.717) is 10.0 Å². The van der Waals surface area contributed by atoms with E-state index < -0.39 is 0 Å². The zero-order valence-corrected chi connectivity index (χ0v) is 12.4. The van der Waals surface area contributed by atoms with Crippen LogP contribution in [0.5, 0.6) is 0 Å². The van der Waals surface area contributed by atoms with Crippen LogP contribution < -0.4 is 5.32 Å². The molecular formula is C14H19Cl2N3. The molecule has 0 amide bonds. The average Bonchev–Trinajstić information content (AvgIpc) is 2.35. The summed E-state index contributed by atoms with van der Waals surface area (Å²) in [5.41, 5.74) is 1.13. The van der Waals surface area contributed by atoms with Gasteiger partial charge in [0.2, 0.25) is 0 Å². The molecule has 1 aromatic carbocycles. The number of nitrogens with zero attached hydrogens (tertiary/aromatic N) is 2. The van der Waals surface area contributed by atoms with Crippen LogP contribution in [0.4, 0.5) is 0 Å². The standard InChI is InChI=1S/C14H19Cl2N3/c15-13-3-1-2-11(14(13)16)10-18-4-6-19(7-5-18)12-8-17-9-12/h1-3,12,17H,4-10H2. The number of benzene rings is 1. The Bertz CT molecular complexity index is 440. The second-order valence-electron chi connectivity index (χ2n) is 5.34. The van der Waals surface area contributed by atoms with Gasteiger partial charge in [-0.15, -0.1) is 0 Å². The van der Waals surface area contributed by atoms with Crippen molar-refractivity contribution < 1.29 is 0 Å². The van der Waals surface area contributed by atoms with Crippen LogP contribution in [0.2, 0.25) is 10.0 Å². The largest absolute Gasteiger partial charge is 0.314 e. The van der Waals surface area contributed by atoms with Gasteiger partial charge in [-0.05, 0) is 11.6 Å². The molecule has 2 aliphatic heterocycles. The van der Waals surface area contributed by atoms with Gasteiger partial charge in [-0.2, -0.15) is 0 Å². The molecule has 2 aliphatic rings. The lowest BCUT2D eigenvalue weighted by atomic mass is 10.1. The van der Waals surface area contributed by atoms with E-state index in [1.54, 1.807) is 0 Å². The normalized spacial score (nSPS) is 22.4. The third kappa shape index (κ3) is 3.06. The van der Waals surface area contributed by atoms with Crippen molar-refractivity contribution in [3.05, 3.63) is 33.8 Å². The first-order valence-corrected chi connectivity index (χ1v) is 7.59. The molecule has 104 valence electrons. The molecule has 1 N–H and O–H groups in total. The first kappa shape index (κ1) is 13.7. The van der Waals surface area contributed by atoms with Crippen molar-refractivity contribution in [2.75, 3.05) is 39.3 Å². The maximum absolute atomic E-state index is 6.25. The Labute approximate surface area is 124 Å². The maximum Gasteiger partial charge on any atom is 0.0637 e. The SMILES string of the molecule is Clc1cccc(CN2CCN(C3CNC3)CC2)c1Cl. The van der Waals surface area contributed by atoms with E-state index in [-0.39, 0.29) is 0 Å². The lowest BCUT2D eigenvalue weighted by Gasteiger charge is -2.43. The first-order chi connectivity index (χ1) is 9.24. The molecule has 2 heterocycles. The van der Waals surface area contributed by atoms with Crippen LogP contribution in [-0.4, -0.2) is 55.1 Å². The summed E-state index contributed by atoms with van der Waals surface area (Å²) in [5, 5.41) is 4.69. The molecule has 0 unspecified atom stereocenters. The van der Waals surface area contributed by atoms with Gasteiger partial charge in [0.1, 0.15) is 0 Å². The molecule has 1 aromatic rings. The Kier molecular flexibility index (Phi) is 4.30. The number of piperazine rings is 1. The topological polar surface area (TPSA) is 18.5 Å². The summed E-state index contributed by atoms with van der Waals surface area (Å²) < 4.78 is 0. The molecule has 19 heavy (non-hydrogen) atoms. The predicted octanol–water partition coefficient (Wildman–Crippen LogP) is 2.08. The van der Waals surface area contributed by atoms with Crippen molar-refractivity contribution in [3.63, 3.8) is 0 Å². The van der Waals surface area contributed by atoms with Gasteiger partial charge in [-0.3, -0.25) is 9.80 Å². The van der Waals surface area contributed by atoms with E-state index >= 15 is 0 Å². The highest BCUT2D eigenvalue weighted by Crippen LogP contribution is 2.26. The average molecular weight is 300 g/mol. The van der Waals surface area contributed by atoms with Crippen LogP contribution in [0.15, 0.2) is 18.2 Å². The minimum absolute atomic E-state index is 0.651. The van der Waals surface area contributed by atoms with E-state index in [1.165, 1.54) is 0 Å². The summed E-state index contributed by atoms with van der Waals surface area (Å²) >= 11 is 12.3. The summed E-state index contributed by atoms with van der Waals surface area (Å²) in [6, 6.07) is 6.64. The summed E-state index contributed by atoms with van der Waals surface area (Å²) in [4.78, 5) is 5.05. The molecule has 0 radical (unpaired) electrons. The molecular weight excluding hydrogens is 281 g/mol. The van der Waals surface area contributed by atoms with Gasteiger partial charge in [0.25, 0.3) is 0 Å². The minimum atomic E-state index is 0.651. The highest BCUT2D eigenvalue weighted by atomic mass is 35.5. The molecule has 0 aliphatic carbocycles. The Hall–Kier alpha value is -0.320. The molecule has 2 fully saturated rings. The number of rotatable bonds is 3. The monoisotopic (exact) mass is 299 g/mol. The third-order valence-electron chi connectivity index (χ3n) is 4.11. The number of nitrogens with one attached hydrogen (secondary N) is 1. The van der Waals surface area contributed by atoms with E-state index in [1.807, 2.05) is 12.1 Å². The molecule has 0 aromatic heterocycles. The van der Waals surface area contributed by atoms with Crippen molar-refractivity contribution in [3.8, 4) is 0 Å². The molecule has 3 nitrogen and oxygen atoms in total. The van der Waals surface area contributed by atoms with Crippen molar-refractivity contribution >= 4 is 23.2 Å². The quantitative estimate of drug-likeness (QED) is 0.922. The third-order valence-corrected chi connectivity index (χ3v) is 4.97. The molecule has 5 heteroatoms. The Morgan fingerprint density at radius 3 is 2.47 bits per heavy atom. The van der Waals surface area contributed by atoms with E-state index in [9.17, 15) is 0 Å². The smallest absolute Gasteiger partial charge is 0.0637 e. The van der Waals surface area contributed by atoms with Gasteiger partial charge in [-0.25, -0.2) is 0 Å². The lowest BCUT2D eigenvalue weighted by Crippen LogP contribution is -2.61. The van der Waals surface area contributed by atoms with Crippen molar-refractivity contribution in [1.29, 1.82) is 0 Å². The van der Waals surface area contributed by atoms with Crippen molar-refractivity contribution in [2.24, 2.45) is 0 Å². The minimum Gasteiger partial charge on any atom is -0.314 e. The highest BCUT2D eigenvalue weighted by Gasteiger charge is 2.27. The van der Waals surface area contributed by atoms with Crippen LogP contribution >= 0.6 is 23.2 Å². The zero-order chi connectivity index (χ0) is 13.2. The fourth-order valence-electron chi connectivity index (χ4n) is 2.73. The molecule has 0 saturated carbocycles. The Balaban J connectivity index is 1.55. The number of hydrogen-bond donors (Lipinski definition) is 1. The number of halogens is 2. The van der Waals surface area contributed by atoms with Crippen LogP contribution in [0.3, 0.4) is 0 Å². The van der Waals surface area contributed by atoms with E-state index in [4.69, 9.17) is 23.2 Å². The van der Waals surface area contributed by atoms with Gasteiger partial charge in [0, 0.05) is 51.9 Å².